The van der Waals surface area contributed by atoms with E-state index in [2.05, 4.69) is 5.32 Å². The Labute approximate surface area is 94.4 Å². The smallest absolute Gasteiger partial charge is 0.237 e. The Bertz CT molecular complexity index is 270. The van der Waals surface area contributed by atoms with Crippen LogP contribution in [0.3, 0.4) is 0 Å². The van der Waals surface area contributed by atoms with Crippen LogP contribution in [0.1, 0.15) is 25.7 Å². The van der Waals surface area contributed by atoms with Crippen molar-refractivity contribution in [1.29, 1.82) is 0 Å². The largest absolute Gasteiger partial charge is 0.393 e. The fraction of sp³-hybridized carbons (Fsp3) is 0.800. The molecule has 1 aliphatic carbocycles. The van der Waals surface area contributed by atoms with Crippen molar-refractivity contribution in [3.8, 4) is 0 Å². The van der Waals surface area contributed by atoms with Gasteiger partial charge in [-0.05, 0) is 25.2 Å². The first-order valence-corrected chi connectivity index (χ1v) is 5.48. The molecule has 3 atom stereocenters. The number of carbonyl (C=O) groups is 2. The van der Waals surface area contributed by atoms with Gasteiger partial charge in [0, 0.05) is 6.54 Å². The quantitative estimate of drug-likeness (QED) is 0.457. The lowest BCUT2D eigenvalue weighted by atomic mass is 10.1. The molecule has 0 spiro atoms. The third-order valence-corrected chi connectivity index (χ3v) is 2.84. The van der Waals surface area contributed by atoms with Gasteiger partial charge >= 0.3 is 0 Å². The van der Waals surface area contributed by atoms with E-state index >= 15 is 0 Å². The van der Waals surface area contributed by atoms with Gasteiger partial charge in [-0.2, -0.15) is 0 Å². The highest BCUT2D eigenvalue weighted by molar-refractivity contribution is 5.87. The van der Waals surface area contributed by atoms with Crippen LogP contribution in [0.25, 0.3) is 0 Å². The second-order valence-electron chi connectivity index (χ2n) is 4.35. The first-order valence-electron chi connectivity index (χ1n) is 5.48. The van der Waals surface area contributed by atoms with Gasteiger partial charge in [0.1, 0.15) is 0 Å². The second kappa shape index (κ2) is 5.81. The molecule has 2 amide bonds. The van der Waals surface area contributed by atoms with Gasteiger partial charge in [-0.1, -0.05) is 0 Å². The summed E-state index contributed by atoms with van der Waals surface area (Å²) in [4.78, 5) is 22.0. The summed E-state index contributed by atoms with van der Waals surface area (Å²) < 4.78 is 0. The molecule has 0 heterocycles. The first kappa shape index (κ1) is 12.9. The van der Waals surface area contributed by atoms with Crippen molar-refractivity contribution < 1.29 is 14.7 Å². The molecule has 0 aromatic rings. The molecule has 6 heteroatoms. The van der Waals surface area contributed by atoms with Crippen molar-refractivity contribution in [2.45, 2.75) is 37.8 Å². The van der Waals surface area contributed by atoms with Crippen molar-refractivity contribution in [3.05, 3.63) is 0 Å². The Morgan fingerprint density at radius 1 is 1.44 bits per heavy atom. The van der Waals surface area contributed by atoms with Gasteiger partial charge in [-0.25, -0.2) is 0 Å². The number of hydrogen-bond donors (Lipinski definition) is 4. The van der Waals surface area contributed by atoms with Gasteiger partial charge in [0.05, 0.1) is 18.6 Å². The highest BCUT2D eigenvalue weighted by Crippen LogP contribution is 2.24. The Morgan fingerprint density at radius 3 is 2.62 bits per heavy atom. The molecule has 6 nitrogen and oxygen atoms in total. The van der Waals surface area contributed by atoms with Crippen LogP contribution in [-0.4, -0.2) is 35.6 Å². The third-order valence-electron chi connectivity index (χ3n) is 2.84. The molecule has 1 aliphatic rings. The number of aliphatic hydroxyl groups is 1. The number of nitrogens with two attached hydrogens (primary N) is 2. The van der Waals surface area contributed by atoms with Gasteiger partial charge in [0.15, 0.2) is 0 Å². The summed E-state index contributed by atoms with van der Waals surface area (Å²) in [7, 11) is 0. The number of nitrogens with one attached hydrogen (secondary N) is 1. The lowest BCUT2D eigenvalue weighted by Crippen LogP contribution is -2.44. The standard InChI is InChI=1S/C10H19N3O3/c11-8(4-9(12)15)10(16)13-5-6-1-2-7(14)3-6/h6-8,14H,1-5,11H2,(H2,12,15)(H,13,16). The zero-order valence-electron chi connectivity index (χ0n) is 9.19. The maximum absolute atomic E-state index is 11.4. The minimum Gasteiger partial charge on any atom is -0.393 e. The minimum absolute atomic E-state index is 0.140. The third kappa shape index (κ3) is 4.16. The van der Waals surface area contributed by atoms with E-state index < -0.39 is 11.9 Å². The number of primary amides is 1. The average molecular weight is 229 g/mol. The maximum atomic E-state index is 11.4. The molecule has 92 valence electrons. The highest BCUT2D eigenvalue weighted by atomic mass is 16.3. The van der Waals surface area contributed by atoms with Crippen LogP contribution in [0.2, 0.25) is 0 Å². The normalized spacial score (nSPS) is 26.4. The molecular formula is C10H19N3O3. The van der Waals surface area contributed by atoms with Gasteiger partial charge in [0.2, 0.25) is 11.8 Å². The predicted octanol–water partition coefficient (Wildman–Crippen LogP) is -1.53. The van der Waals surface area contributed by atoms with Gasteiger partial charge in [-0.15, -0.1) is 0 Å². The van der Waals surface area contributed by atoms with Gasteiger partial charge < -0.3 is 21.9 Å². The average Bonchev–Trinajstić information content (AvgIpc) is 2.59. The Kier molecular flexibility index (Phi) is 4.70. The molecule has 0 bridgehead atoms. The monoisotopic (exact) mass is 229 g/mol. The Hall–Kier alpha value is -1.14. The number of hydrogen-bond acceptors (Lipinski definition) is 4. The summed E-state index contributed by atoms with van der Waals surface area (Å²) in [5.74, 6) is -0.640. The molecule has 0 aromatic heterocycles. The molecule has 6 N–H and O–H groups in total. The number of carbonyl (C=O) groups excluding carboxylic acids is 2. The summed E-state index contributed by atoms with van der Waals surface area (Å²) in [6.07, 6.45) is 2.02. The van der Waals surface area contributed by atoms with Crippen LogP contribution in [0, 0.1) is 5.92 Å². The van der Waals surface area contributed by atoms with Crippen LogP contribution in [0.4, 0.5) is 0 Å². The number of rotatable bonds is 5. The zero-order valence-corrected chi connectivity index (χ0v) is 9.19. The van der Waals surface area contributed by atoms with Crippen LogP contribution in [-0.2, 0) is 9.59 Å². The topological polar surface area (TPSA) is 118 Å². The molecule has 0 aromatic carbocycles. The fourth-order valence-corrected chi connectivity index (χ4v) is 1.92. The molecule has 1 fully saturated rings. The van der Waals surface area contributed by atoms with Crippen molar-refractivity contribution >= 4 is 11.8 Å². The van der Waals surface area contributed by atoms with E-state index in [0.717, 1.165) is 12.8 Å². The van der Waals surface area contributed by atoms with Crippen LogP contribution < -0.4 is 16.8 Å². The maximum Gasteiger partial charge on any atom is 0.237 e. The molecule has 3 unspecified atom stereocenters. The van der Waals surface area contributed by atoms with Gasteiger partial charge in [0.25, 0.3) is 0 Å². The van der Waals surface area contributed by atoms with E-state index in [-0.39, 0.29) is 18.4 Å². The molecule has 1 saturated carbocycles. The second-order valence-corrected chi connectivity index (χ2v) is 4.35. The highest BCUT2D eigenvalue weighted by Gasteiger charge is 2.24. The lowest BCUT2D eigenvalue weighted by Gasteiger charge is -2.13. The molecule has 0 aliphatic heterocycles. The fourth-order valence-electron chi connectivity index (χ4n) is 1.92. The molecule has 16 heavy (non-hydrogen) atoms. The Morgan fingerprint density at radius 2 is 2.12 bits per heavy atom. The van der Waals surface area contributed by atoms with E-state index in [0.29, 0.717) is 18.9 Å². The van der Waals surface area contributed by atoms with Crippen LogP contribution >= 0.6 is 0 Å². The summed E-state index contributed by atoms with van der Waals surface area (Å²) in [6.45, 7) is 0.502. The number of aliphatic hydroxyl groups excluding tert-OH is 1. The summed E-state index contributed by atoms with van der Waals surface area (Å²) >= 11 is 0. The van der Waals surface area contributed by atoms with Crippen LogP contribution in [0.15, 0.2) is 0 Å². The van der Waals surface area contributed by atoms with Gasteiger partial charge in [-0.3, -0.25) is 9.59 Å². The number of amides is 2. The summed E-state index contributed by atoms with van der Waals surface area (Å²) in [5.41, 5.74) is 10.4. The van der Waals surface area contributed by atoms with E-state index in [1.165, 1.54) is 0 Å². The summed E-state index contributed by atoms with van der Waals surface area (Å²) in [5, 5.41) is 12.0. The molecule has 0 radical (unpaired) electrons. The lowest BCUT2D eigenvalue weighted by molar-refractivity contribution is -0.126. The minimum atomic E-state index is -0.871. The molecule has 0 saturated heterocycles. The van der Waals surface area contributed by atoms with E-state index in [1.807, 2.05) is 0 Å². The first-order chi connectivity index (χ1) is 7.49. The molecular weight excluding hydrogens is 210 g/mol. The van der Waals surface area contributed by atoms with Crippen molar-refractivity contribution in [2.75, 3.05) is 6.54 Å². The van der Waals surface area contributed by atoms with E-state index in [4.69, 9.17) is 11.5 Å². The Balaban J connectivity index is 2.21. The zero-order chi connectivity index (χ0) is 12.1. The van der Waals surface area contributed by atoms with E-state index in [9.17, 15) is 14.7 Å². The summed E-state index contributed by atoms with van der Waals surface area (Å²) in [6, 6.07) is -0.871. The van der Waals surface area contributed by atoms with Crippen molar-refractivity contribution in [3.63, 3.8) is 0 Å². The predicted molar refractivity (Wildman–Crippen MR) is 58.1 cm³/mol. The van der Waals surface area contributed by atoms with Crippen LogP contribution in [0.5, 0.6) is 0 Å². The van der Waals surface area contributed by atoms with E-state index in [1.54, 1.807) is 0 Å². The van der Waals surface area contributed by atoms with Crippen molar-refractivity contribution in [1.82, 2.24) is 5.32 Å². The SMILES string of the molecule is NC(=O)CC(N)C(=O)NCC1CCC(O)C1. The molecule has 1 rings (SSSR count). The van der Waals surface area contributed by atoms with Crippen molar-refractivity contribution in [2.24, 2.45) is 17.4 Å².